The summed E-state index contributed by atoms with van der Waals surface area (Å²) in [6, 6.07) is 18.9. The minimum atomic E-state index is 0.232. The lowest BCUT2D eigenvalue weighted by atomic mass is 10.1. The number of para-hydroxylation sites is 2. The third-order valence-corrected chi connectivity index (χ3v) is 5.42. The van der Waals surface area contributed by atoms with Crippen molar-refractivity contribution < 1.29 is 0 Å². The van der Waals surface area contributed by atoms with Gasteiger partial charge in [-0.1, -0.05) is 82.8 Å². The van der Waals surface area contributed by atoms with Crippen molar-refractivity contribution in [3.05, 3.63) is 91.9 Å². The fourth-order valence-electron chi connectivity index (χ4n) is 2.26. The van der Waals surface area contributed by atoms with Crippen LogP contribution in [0.3, 0.4) is 0 Å². The molecule has 0 radical (unpaired) electrons. The lowest BCUT2D eigenvalue weighted by Gasteiger charge is -2.11. The molecular formula is C20H14Cl4N4. The quantitative estimate of drug-likeness (QED) is 0.236. The molecule has 0 aliphatic heterocycles. The van der Waals surface area contributed by atoms with E-state index in [1.807, 2.05) is 60.7 Å². The fourth-order valence-corrected chi connectivity index (χ4v) is 3.34. The Hall–Kier alpha value is -2.24. The van der Waals surface area contributed by atoms with Gasteiger partial charge in [0.25, 0.3) is 0 Å². The van der Waals surface area contributed by atoms with Crippen LogP contribution in [0.25, 0.3) is 0 Å². The van der Waals surface area contributed by atoms with Gasteiger partial charge in [0.05, 0.1) is 43.9 Å². The van der Waals surface area contributed by atoms with E-state index in [0.717, 1.165) is 11.4 Å². The Bertz CT molecular complexity index is 894. The van der Waals surface area contributed by atoms with Gasteiger partial charge < -0.3 is 0 Å². The summed E-state index contributed by atoms with van der Waals surface area (Å²) in [7, 11) is 0. The smallest absolute Gasteiger partial charge is 0.0703 e. The number of rotatable bonds is 6. The second-order valence-electron chi connectivity index (χ2n) is 5.56. The van der Waals surface area contributed by atoms with E-state index in [4.69, 9.17) is 46.4 Å². The van der Waals surface area contributed by atoms with Gasteiger partial charge in [0.1, 0.15) is 0 Å². The number of nitrogens with zero attached hydrogens (tertiary/aromatic N) is 2. The molecule has 0 atom stereocenters. The first-order valence-corrected chi connectivity index (χ1v) is 9.63. The van der Waals surface area contributed by atoms with Gasteiger partial charge in [-0.2, -0.15) is 10.2 Å². The van der Waals surface area contributed by atoms with Crippen LogP contribution >= 0.6 is 46.4 Å². The first-order valence-electron chi connectivity index (χ1n) is 8.12. The van der Waals surface area contributed by atoms with Crippen LogP contribution in [-0.4, -0.2) is 12.4 Å². The molecule has 0 saturated heterocycles. The summed E-state index contributed by atoms with van der Waals surface area (Å²) in [5.41, 5.74) is 8.23. The standard InChI is InChI=1S/C20H14Cl4N4/c21-17-15(11-25-27-13-7-3-1-4-8-13)18(22)20(24)16(19(17)23)12-26-28-14-9-5-2-6-10-14/h1-12,27-28H/b25-11-,26-12-. The van der Waals surface area contributed by atoms with Crippen molar-refractivity contribution in [3.63, 3.8) is 0 Å². The van der Waals surface area contributed by atoms with Crippen molar-refractivity contribution in [2.75, 3.05) is 10.9 Å². The fraction of sp³-hybridized carbons (Fsp3) is 0. The summed E-state index contributed by atoms with van der Waals surface area (Å²) in [4.78, 5) is 0. The zero-order valence-electron chi connectivity index (χ0n) is 14.3. The molecule has 3 aromatic rings. The number of hydrazone groups is 2. The van der Waals surface area contributed by atoms with E-state index in [9.17, 15) is 0 Å². The summed E-state index contributed by atoms with van der Waals surface area (Å²) in [5.74, 6) is 0. The summed E-state index contributed by atoms with van der Waals surface area (Å²) in [6.07, 6.45) is 2.94. The highest BCUT2D eigenvalue weighted by atomic mass is 35.5. The number of nitrogens with one attached hydrogen (secondary N) is 2. The molecule has 8 heteroatoms. The second-order valence-corrected chi connectivity index (χ2v) is 7.07. The number of anilines is 2. The number of hydrogen-bond acceptors (Lipinski definition) is 4. The highest BCUT2D eigenvalue weighted by Gasteiger charge is 2.18. The maximum absolute atomic E-state index is 6.38. The van der Waals surface area contributed by atoms with E-state index >= 15 is 0 Å². The molecule has 4 nitrogen and oxygen atoms in total. The molecule has 28 heavy (non-hydrogen) atoms. The van der Waals surface area contributed by atoms with Crippen LogP contribution in [-0.2, 0) is 0 Å². The van der Waals surface area contributed by atoms with Gasteiger partial charge in [-0.05, 0) is 24.3 Å². The molecule has 3 rings (SSSR count). The van der Waals surface area contributed by atoms with Gasteiger partial charge in [-0.25, -0.2) is 0 Å². The Morgan fingerprint density at radius 2 is 0.857 bits per heavy atom. The molecule has 0 heterocycles. The Balaban J connectivity index is 1.82. The maximum Gasteiger partial charge on any atom is 0.0703 e. The Kier molecular flexibility index (Phi) is 7.18. The first-order chi connectivity index (χ1) is 13.6. The normalized spacial score (nSPS) is 11.3. The molecule has 2 N–H and O–H groups in total. The van der Waals surface area contributed by atoms with Crippen molar-refractivity contribution in [3.8, 4) is 0 Å². The minimum Gasteiger partial charge on any atom is -0.279 e. The summed E-state index contributed by atoms with van der Waals surface area (Å²) in [5, 5.41) is 9.21. The van der Waals surface area contributed by atoms with E-state index < -0.39 is 0 Å². The third-order valence-electron chi connectivity index (χ3n) is 3.65. The molecule has 0 saturated carbocycles. The van der Waals surface area contributed by atoms with Crippen LogP contribution in [0.5, 0.6) is 0 Å². The van der Waals surface area contributed by atoms with Gasteiger partial charge >= 0.3 is 0 Å². The molecule has 0 aliphatic rings. The molecule has 0 aliphatic carbocycles. The second kappa shape index (κ2) is 9.80. The van der Waals surface area contributed by atoms with Gasteiger partial charge in [0, 0.05) is 11.1 Å². The summed E-state index contributed by atoms with van der Waals surface area (Å²) >= 11 is 25.5. The third kappa shape index (κ3) is 4.97. The molecule has 0 bridgehead atoms. The van der Waals surface area contributed by atoms with Crippen LogP contribution in [0.2, 0.25) is 20.1 Å². The van der Waals surface area contributed by atoms with Gasteiger partial charge in [0.15, 0.2) is 0 Å². The average Bonchev–Trinajstić information content (AvgIpc) is 2.73. The van der Waals surface area contributed by atoms with Gasteiger partial charge in [-0.3, -0.25) is 10.9 Å². The van der Waals surface area contributed by atoms with E-state index in [0.29, 0.717) is 11.1 Å². The van der Waals surface area contributed by atoms with Crippen LogP contribution in [0, 0.1) is 0 Å². The van der Waals surface area contributed by atoms with E-state index in [2.05, 4.69) is 21.1 Å². The van der Waals surface area contributed by atoms with Gasteiger partial charge in [-0.15, -0.1) is 0 Å². The molecule has 0 amide bonds. The highest BCUT2D eigenvalue weighted by molar-refractivity contribution is 6.51. The summed E-state index contributed by atoms with van der Waals surface area (Å²) in [6.45, 7) is 0. The van der Waals surface area contributed by atoms with Crippen molar-refractivity contribution in [2.24, 2.45) is 10.2 Å². The van der Waals surface area contributed by atoms with Crippen molar-refractivity contribution in [2.45, 2.75) is 0 Å². The Morgan fingerprint density at radius 3 is 1.18 bits per heavy atom. The van der Waals surface area contributed by atoms with Crippen molar-refractivity contribution in [1.82, 2.24) is 0 Å². The van der Waals surface area contributed by atoms with Gasteiger partial charge in [0.2, 0.25) is 0 Å². The number of benzene rings is 3. The number of halogens is 4. The monoisotopic (exact) mass is 450 g/mol. The molecule has 0 unspecified atom stereocenters. The molecule has 0 aromatic heterocycles. The van der Waals surface area contributed by atoms with Crippen LogP contribution in [0.4, 0.5) is 11.4 Å². The lowest BCUT2D eigenvalue weighted by molar-refractivity contribution is 1.34. The van der Waals surface area contributed by atoms with Crippen LogP contribution in [0.1, 0.15) is 11.1 Å². The molecule has 0 spiro atoms. The first kappa shape index (κ1) is 20.5. The van der Waals surface area contributed by atoms with Crippen molar-refractivity contribution in [1.29, 1.82) is 0 Å². The maximum atomic E-state index is 6.38. The lowest BCUT2D eigenvalue weighted by Crippen LogP contribution is -1.98. The van der Waals surface area contributed by atoms with E-state index in [-0.39, 0.29) is 20.1 Å². The topological polar surface area (TPSA) is 48.8 Å². The zero-order valence-corrected chi connectivity index (χ0v) is 17.4. The minimum absolute atomic E-state index is 0.232. The SMILES string of the molecule is Clc1c(Cl)c(/C=N\Nc2ccccc2)c(Cl)c(Cl)c1/C=N\Nc1ccccc1. The molecule has 3 aromatic carbocycles. The van der Waals surface area contributed by atoms with E-state index in [1.54, 1.807) is 0 Å². The predicted octanol–water partition coefficient (Wildman–Crippen LogP) is 7.19. The molecular weight excluding hydrogens is 438 g/mol. The Labute approximate surface area is 182 Å². The largest absolute Gasteiger partial charge is 0.279 e. The average molecular weight is 452 g/mol. The highest BCUT2D eigenvalue weighted by Crippen LogP contribution is 2.39. The van der Waals surface area contributed by atoms with Crippen LogP contribution in [0.15, 0.2) is 70.9 Å². The van der Waals surface area contributed by atoms with Crippen molar-refractivity contribution >= 4 is 70.2 Å². The number of hydrogen-bond donors (Lipinski definition) is 2. The van der Waals surface area contributed by atoms with E-state index in [1.165, 1.54) is 12.4 Å². The molecule has 142 valence electrons. The summed E-state index contributed by atoms with van der Waals surface area (Å²) < 4.78 is 0. The Morgan fingerprint density at radius 1 is 0.536 bits per heavy atom. The molecule has 0 fully saturated rings. The van der Waals surface area contributed by atoms with Crippen LogP contribution < -0.4 is 10.9 Å². The predicted molar refractivity (Wildman–Crippen MR) is 122 cm³/mol. The zero-order chi connectivity index (χ0) is 19.9.